The molecule has 1 aliphatic rings. The Kier molecular flexibility index (Phi) is 4.97. The molecule has 19 heavy (non-hydrogen) atoms. The summed E-state index contributed by atoms with van der Waals surface area (Å²) in [7, 11) is 1.40. The fourth-order valence-electron chi connectivity index (χ4n) is 2.78. The second-order valence-electron chi connectivity index (χ2n) is 5.40. The molecule has 3 heteroatoms. The first kappa shape index (κ1) is 14.1. The van der Waals surface area contributed by atoms with Crippen LogP contribution in [0.25, 0.3) is 0 Å². The SMILES string of the molecule is COC(=O)c1ccc(CNC(C)C2CCCC2)cc1. The monoisotopic (exact) mass is 261 g/mol. The summed E-state index contributed by atoms with van der Waals surface area (Å²) in [5, 5.41) is 3.59. The Hall–Kier alpha value is -1.35. The number of hydrogen-bond acceptors (Lipinski definition) is 3. The van der Waals surface area contributed by atoms with E-state index in [1.165, 1.54) is 38.4 Å². The van der Waals surface area contributed by atoms with E-state index in [0.29, 0.717) is 11.6 Å². The molecule has 0 spiro atoms. The standard InChI is InChI=1S/C16H23NO2/c1-12(14-5-3-4-6-14)17-11-13-7-9-15(10-8-13)16(18)19-2/h7-10,12,14,17H,3-6,11H2,1-2H3. The summed E-state index contributed by atoms with van der Waals surface area (Å²) in [5.74, 6) is 0.549. The minimum Gasteiger partial charge on any atom is -0.465 e. The first-order valence-corrected chi connectivity index (χ1v) is 7.11. The number of esters is 1. The van der Waals surface area contributed by atoms with Crippen molar-refractivity contribution in [1.29, 1.82) is 0 Å². The van der Waals surface area contributed by atoms with E-state index in [2.05, 4.69) is 17.0 Å². The molecule has 1 aliphatic carbocycles. The van der Waals surface area contributed by atoms with Gasteiger partial charge in [0, 0.05) is 12.6 Å². The summed E-state index contributed by atoms with van der Waals surface area (Å²) in [4.78, 5) is 11.3. The second kappa shape index (κ2) is 6.71. The Labute approximate surface area is 115 Å². The van der Waals surface area contributed by atoms with E-state index in [-0.39, 0.29) is 5.97 Å². The summed E-state index contributed by atoms with van der Waals surface area (Å²) in [6.45, 7) is 3.14. The number of methoxy groups -OCH3 is 1. The van der Waals surface area contributed by atoms with Crippen LogP contribution in [0.1, 0.15) is 48.5 Å². The summed E-state index contributed by atoms with van der Waals surface area (Å²) in [5.41, 5.74) is 1.81. The zero-order valence-corrected chi connectivity index (χ0v) is 11.8. The summed E-state index contributed by atoms with van der Waals surface area (Å²) >= 11 is 0. The van der Waals surface area contributed by atoms with Gasteiger partial charge in [0.05, 0.1) is 12.7 Å². The summed E-state index contributed by atoms with van der Waals surface area (Å²) in [6, 6.07) is 8.19. The van der Waals surface area contributed by atoms with Crippen molar-refractivity contribution in [1.82, 2.24) is 5.32 Å². The molecule has 1 unspecified atom stereocenters. The Morgan fingerprint density at radius 1 is 1.32 bits per heavy atom. The maximum Gasteiger partial charge on any atom is 0.337 e. The number of rotatable bonds is 5. The van der Waals surface area contributed by atoms with Gasteiger partial charge in [-0.1, -0.05) is 25.0 Å². The Morgan fingerprint density at radius 2 is 1.95 bits per heavy atom. The minimum absolute atomic E-state index is 0.279. The predicted molar refractivity (Wildman–Crippen MR) is 76.0 cm³/mol. The Morgan fingerprint density at radius 3 is 2.53 bits per heavy atom. The number of carbonyl (C=O) groups excluding carboxylic acids is 1. The molecule has 0 heterocycles. The van der Waals surface area contributed by atoms with Crippen LogP contribution in [0.15, 0.2) is 24.3 Å². The van der Waals surface area contributed by atoms with Gasteiger partial charge in [-0.3, -0.25) is 0 Å². The normalized spacial score (nSPS) is 17.4. The summed E-state index contributed by atoms with van der Waals surface area (Å²) < 4.78 is 4.69. The largest absolute Gasteiger partial charge is 0.465 e. The van der Waals surface area contributed by atoms with Gasteiger partial charge in [-0.2, -0.15) is 0 Å². The van der Waals surface area contributed by atoms with Gasteiger partial charge in [-0.25, -0.2) is 4.79 Å². The average Bonchev–Trinajstić information content (AvgIpc) is 2.98. The fourth-order valence-corrected chi connectivity index (χ4v) is 2.78. The molecule has 0 amide bonds. The van der Waals surface area contributed by atoms with Crippen molar-refractivity contribution < 1.29 is 9.53 Å². The van der Waals surface area contributed by atoms with Crippen LogP contribution >= 0.6 is 0 Å². The predicted octanol–water partition coefficient (Wildman–Crippen LogP) is 3.14. The highest BCUT2D eigenvalue weighted by atomic mass is 16.5. The highest BCUT2D eigenvalue weighted by Crippen LogP contribution is 2.27. The quantitative estimate of drug-likeness (QED) is 0.827. The maximum atomic E-state index is 11.3. The van der Waals surface area contributed by atoms with Crippen molar-refractivity contribution in [3.63, 3.8) is 0 Å². The average molecular weight is 261 g/mol. The number of carbonyl (C=O) groups is 1. The molecule has 2 rings (SSSR count). The van der Waals surface area contributed by atoms with Crippen molar-refractivity contribution >= 4 is 5.97 Å². The lowest BCUT2D eigenvalue weighted by Gasteiger charge is -2.20. The van der Waals surface area contributed by atoms with Gasteiger partial charge < -0.3 is 10.1 Å². The molecule has 1 saturated carbocycles. The Bertz CT molecular complexity index is 407. The van der Waals surface area contributed by atoms with Crippen molar-refractivity contribution in [3.8, 4) is 0 Å². The van der Waals surface area contributed by atoms with Gasteiger partial charge in [0.2, 0.25) is 0 Å². The smallest absolute Gasteiger partial charge is 0.337 e. The maximum absolute atomic E-state index is 11.3. The van der Waals surface area contributed by atoms with E-state index in [1.807, 2.05) is 24.3 Å². The lowest BCUT2D eigenvalue weighted by molar-refractivity contribution is 0.0600. The first-order valence-electron chi connectivity index (χ1n) is 7.11. The van der Waals surface area contributed by atoms with Gasteiger partial charge in [-0.15, -0.1) is 0 Å². The van der Waals surface area contributed by atoms with Crippen molar-refractivity contribution in [3.05, 3.63) is 35.4 Å². The third-order valence-electron chi connectivity index (χ3n) is 4.11. The molecule has 3 nitrogen and oxygen atoms in total. The molecular weight excluding hydrogens is 238 g/mol. The third kappa shape index (κ3) is 3.80. The van der Waals surface area contributed by atoms with Crippen LogP contribution in [0.4, 0.5) is 0 Å². The van der Waals surface area contributed by atoms with E-state index >= 15 is 0 Å². The molecule has 0 saturated heterocycles. The lowest BCUT2D eigenvalue weighted by atomic mass is 9.99. The number of benzene rings is 1. The number of hydrogen-bond donors (Lipinski definition) is 1. The molecule has 1 atom stereocenters. The van der Waals surface area contributed by atoms with Crippen LogP contribution in [-0.4, -0.2) is 19.1 Å². The van der Waals surface area contributed by atoms with E-state index in [4.69, 9.17) is 0 Å². The lowest BCUT2D eigenvalue weighted by Crippen LogP contribution is -2.31. The van der Waals surface area contributed by atoms with Crippen LogP contribution in [0.5, 0.6) is 0 Å². The molecular formula is C16H23NO2. The van der Waals surface area contributed by atoms with Crippen LogP contribution < -0.4 is 5.32 Å². The molecule has 1 fully saturated rings. The summed E-state index contributed by atoms with van der Waals surface area (Å²) in [6.07, 6.45) is 5.47. The van der Waals surface area contributed by atoms with Crippen LogP contribution in [0.2, 0.25) is 0 Å². The highest BCUT2D eigenvalue weighted by Gasteiger charge is 2.20. The third-order valence-corrected chi connectivity index (χ3v) is 4.11. The van der Waals surface area contributed by atoms with E-state index in [9.17, 15) is 4.79 Å². The van der Waals surface area contributed by atoms with Gasteiger partial charge in [0.25, 0.3) is 0 Å². The van der Waals surface area contributed by atoms with E-state index < -0.39 is 0 Å². The molecule has 0 aliphatic heterocycles. The van der Waals surface area contributed by atoms with E-state index in [1.54, 1.807) is 0 Å². The van der Waals surface area contributed by atoms with Gasteiger partial charge >= 0.3 is 5.97 Å². The zero-order chi connectivity index (χ0) is 13.7. The second-order valence-corrected chi connectivity index (χ2v) is 5.40. The highest BCUT2D eigenvalue weighted by molar-refractivity contribution is 5.89. The Balaban J connectivity index is 1.84. The van der Waals surface area contributed by atoms with Crippen LogP contribution in [-0.2, 0) is 11.3 Å². The minimum atomic E-state index is -0.279. The van der Waals surface area contributed by atoms with Crippen molar-refractivity contribution in [2.75, 3.05) is 7.11 Å². The zero-order valence-electron chi connectivity index (χ0n) is 11.8. The van der Waals surface area contributed by atoms with Gasteiger partial charge in [-0.05, 0) is 43.4 Å². The molecule has 104 valence electrons. The van der Waals surface area contributed by atoms with Gasteiger partial charge in [0.1, 0.15) is 0 Å². The molecule has 0 aromatic heterocycles. The van der Waals surface area contributed by atoms with Crippen LogP contribution in [0, 0.1) is 5.92 Å². The number of nitrogens with one attached hydrogen (secondary N) is 1. The molecule has 1 aromatic rings. The van der Waals surface area contributed by atoms with Crippen molar-refractivity contribution in [2.45, 2.75) is 45.2 Å². The topological polar surface area (TPSA) is 38.3 Å². The molecule has 0 bridgehead atoms. The van der Waals surface area contributed by atoms with Gasteiger partial charge in [0.15, 0.2) is 0 Å². The first-order chi connectivity index (χ1) is 9.20. The molecule has 1 aromatic carbocycles. The number of ether oxygens (including phenoxy) is 1. The van der Waals surface area contributed by atoms with E-state index in [0.717, 1.165) is 12.5 Å². The van der Waals surface area contributed by atoms with Crippen LogP contribution in [0.3, 0.4) is 0 Å². The molecule has 0 radical (unpaired) electrons. The molecule has 1 N–H and O–H groups in total. The fraction of sp³-hybridized carbons (Fsp3) is 0.562. The van der Waals surface area contributed by atoms with Crippen molar-refractivity contribution in [2.24, 2.45) is 5.92 Å².